The van der Waals surface area contributed by atoms with Gasteiger partial charge in [0.25, 0.3) is 0 Å². The van der Waals surface area contributed by atoms with Gasteiger partial charge in [0.05, 0.1) is 6.61 Å². The third kappa shape index (κ3) is 3.18. The summed E-state index contributed by atoms with van der Waals surface area (Å²) in [5.74, 6) is 0.637. The van der Waals surface area contributed by atoms with E-state index < -0.39 is 0 Å². The molecule has 1 aliphatic rings. The van der Waals surface area contributed by atoms with E-state index in [9.17, 15) is 4.79 Å². The molecule has 0 bridgehead atoms. The molecule has 0 radical (unpaired) electrons. The maximum atomic E-state index is 11.6. The number of nitrogens with zero attached hydrogens (tertiary/aromatic N) is 3. The minimum atomic E-state index is -0.193. The molecule has 18 heavy (non-hydrogen) atoms. The number of hydrogen-bond acceptors (Lipinski definition) is 5. The van der Waals surface area contributed by atoms with Gasteiger partial charge in [0.2, 0.25) is 0 Å². The van der Waals surface area contributed by atoms with E-state index in [1.807, 2.05) is 17.9 Å². The van der Waals surface area contributed by atoms with Crippen molar-refractivity contribution in [3.63, 3.8) is 0 Å². The van der Waals surface area contributed by atoms with Crippen molar-refractivity contribution in [3.8, 4) is 0 Å². The van der Waals surface area contributed by atoms with Crippen LogP contribution in [-0.4, -0.2) is 35.1 Å². The van der Waals surface area contributed by atoms with Crippen LogP contribution in [0.4, 0.5) is 5.82 Å². The van der Waals surface area contributed by atoms with Crippen molar-refractivity contribution < 1.29 is 9.53 Å². The topological polar surface area (TPSA) is 55.3 Å². The van der Waals surface area contributed by atoms with Crippen molar-refractivity contribution in [1.29, 1.82) is 0 Å². The summed E-state index contributed by atoms with van der Waals surface area (Å²) in [4.78, 5) is 22.1. The SMILES string of the molecule is CCOC(=O)CN(c1cc(CC)ncn1)C1CC1. The van der Waals surface area contributed by atoms with Crippen molar-refractivity contribution in [2.75, 3.05) is 18.1 Å². The molecule has 0 aliphatic heterocycles. The van der Waals surface area contributed by atoms with Crippen LogP contribution in [0.25, 0.3) is 0 Å². The molecule has 0 amide bonds. The van der Waals surface area contributed by atoms with Gasteiger partial charge in [0.1, 0.15) is 18.7 Å². The Morgan fingerprint density at radius 1 is 1.44 bits per heavy atom. The molecule has 1 heterocycles. The Morgan fingerprint density at radius 2 is 2.22 bits per heavy atom. The fourth-order valence-electron chi connectivity index (χ4n) is 1.87. The Balaban J connectivity index is 2.11. The number of aryl methyl sites for hydroxylation is 1. The molecule has 0 aromatic carbocycles. The van der Waals surface area contributed by atoms with Crippen LogP contribution in [0.1, 0.15) is 32.4 Å². The van der Waals surface area contributed by atoms with Gasteiger partial charge >= 0.3 is 5.97 Å². The number of esters is 1. The quantitative estimate of drug-likeness (QED) is 0.716. The average molecular weight is 249 g/mol. The molecule has 0 unspecified atom stereocenters. The zero-order valence-corrected chi connectivity index (χ0v) is 10.9. The minimum Gasteiger partial charge on any atom is -0.465 e. The lowest BCUT2D eigenvalue weighted by Gasteiger charge is -2.22. The highest BCUT2D eigenvalue weighted by Crippen LogP contribution is 2.30. The lowest BCUT2D eigenvalue weighted by molar-refractivity contribution is -0.141. The van der Waals surface area contributed by atoms with Gasteiger partial charge in [-0.2, -0.15) is 0 Å². The number of hydrogen-bond donors (Lipinski definition) is 0. The van der Waals surface area contributed by atoms with Crippen molar-refractivity contribution in [2.24, 2.45) is 0 Å². The van der Waals surface area contributed by atoms with Crippen molar-refractivity contribution in [2.45, 2.75) is 39.2 Å². The number of anilines is 1. The third-order valence-electron chi connectivity index (χ3n) is 2.96. The second-order valence-corrected chi connectivity index (χ2v) is 4.39. The molecule has 5 nitrogen and oxygen atoms in total. The lowest BCUT2D eigenvalue weighted by atomic mass is 10.3. The fraction of sp³-hybridized carbons (Fsp3) is 0.615. The number of carbonyl (C=O) groups is 1. The zero-order valence-electron chi connectivity index (χ0n) is 10.9. The summed E-state index contributed by atoms with van der Waals surface area (Å²) in [5, 5.41) is 0. The molecule has 1 fully saturated rings. The van der Waals surface area contributed by atoms with Gasteiger partial charge in [-0.15, -0.1) is 0 Å². The van der Waals surface area contributed by atoms with Crippen LogP contribution in [-0.2, 0) is 16.0 Å². The van der Waals surface area contributed by atoms with Crippen LogP contribution in [0.3, 0.4) is 0 Å². The van der Waals surface area contributed by atoms with Gasteiger partial charge in [-0.1, -0.05) is 6.92 Å². The summed E-state index contributed by atoms with van der Waals surface area (Å²) in [6.45, 7) is 4.57. The maximum absolute atomic E-state index is 11.6. The van der Waals surface area contributed by atoms with E-state index in [-0.39, 0.29) is 12.5 Å². The highest BCUT2D eigenvalue weighted by atomic mass is 16.5. The fourth-order valence-corrected chi connectivity index (χ4v) is 1.87. The average Bonchev–Trinajstić information content (AvgIpc) is 3.20. The Kier molecular flexibility index (Phi) is 4.12. The van der Waals surface area contributed by atoms with Crippen molar-refractivity contribution in [3.05, 3.63) is 18.1 Å². The molecule has 0 spiro atoms. The molecule has 1 aliphatic carbocycles. The van der Waals surface area contributed by atoms with Crippen LogP contribution < -0.4 is 4.90 Å². The summed E-state index contributed by atoms with van der Waals surface area (Å²) in [6, 6.07) is 2.38. The van der Waals surface area contributed by atoms with Crippen LogP contribution >= 0.6 is 0 Å². The Labute approximate surface area is 107 Å². The zero-order chi connectivity index (χ0) is 13.0. The summed E-state index contributed by atoms with van der Waals surface area (Å²) < 4.78 is 5.00. The van der Waals surface area contributed by atoms with Crippen molar-refractivity contribution >= 4 is 11.8 Å². The standard InChI is InChI=1S/C13H19N3O2/c1-3-10-7-12(15-9-14-10)16(11-5-6-11)8-13(17)18-4-2/h7,9,11H,3-6,8H2,1-2H3. The summed E-state index contributed by atoms with van der Waals surface area (Å²) >= 11 is 0. The first-order chi connectivity index (χ1) is 8.74. The van der Waals surface area contributed by atoms with Crippen LogP contribution in [0.5, 0.6) is 0 Å². The third-order valence-corrected chi connectivity index (χ3v) is 2.96. The predicted octanol–water partition coefficient (Wildman–Crippen LogP) is 1.57. The second kappa shape index (κ2) is 5.80. The number of aromatic nitrogens is 2. The molecular weight excluding hydrogens is 230 g/mol. The van der Waals surface area contributed by atoms with Gasteiger partial charge in [0, 0.05) is 17.8 Å². The first-order valence-electron chi connectivity index (χ1n) is 6.47. The highest BCUT2D eigenvalue weighted by molar-refractivity contribution is 5.75. The molecular formula is C13H19N3O2. The van der Waals surface area contributed by atoms with E-state index in [0.717, 1.165) is 30.8 Å². The van der Waals surface area contributed by atoms with Gasteiger partial charge in [-0.3, -0.25) is 4.79 Å². The molecule has 5 heteroatoms. The maximum Gasteiger partial charge on any atom is 0.325 e. The summed E-state index contributed by atoms with van der Waals surface area (Å²) in [5.41, 5.74) is 0.995. The van der Waals surface area contributed by atoms with Crippen molar-refractivity contribution in [1.82, 2.24) is 9.97 Å². The molecule has 0 N–H and O–H groups in total. The Hall–Kier alpha value is -1.65. The molecule has 2 rings (SSSR count). The number of rotatable bonds is 6. The van der Waals surface area contributed by atoms with E-state index in [0.29, 0.717) is 12.6 Å². The monoisotopic (exact) mass is 249 g/mol. The van der Waals surface area contributed by atoms with Gasteiger partial charge < -0.3 is 9.64 Å². The molecule has 0 atom stereocenters. The van der Waals surface area contributed by atoms with E-state index in [4.69, 9.17) is 4.74 Å². The lowest BCUT2D eigenvalue weighted by Crippen LogP contribution is -2.33. The molecule has 98 valence electrons. The number of ether oxygens (including phenoxy) is 1. The largest absolute Gasteiger partial charge is 0.465 e. The summed E-state index contributed by atoms with van der Waals surface area (Å²) in [7, 11) is 0. The van der Waals surface area contributed by atoms with Gasteiger partial charge in [-0.05, 0) is 26.2 Å². The molecule has 1 aromatic rings. The van der Waals surface area contributed by atoms with Crippen LogP contribution in [0.2, 0.25) is 0 Å². The first-order valence-corrected chi connectivity index (χ1v) is 6.47. The van der Waals surface area contributed by atoms with Crippen LogP contribution in [0, 0.1) is 0 Å². The molecule has 1 saturated carbocycles. The van der Waals surface area contributed by atoms with Crippen LogP contribution in [0.15, 0.2) is 12.4 Å². The molecule has 0 saturated heterocycles. The number of carbonyl (C=O) groups excluding carboxylic acids is 1. The van der Waals surface area contributed by atoms with Gasteiger partial charge in [0.15, 0.2) is 0 Å². The normalized spacial score (nSPS) is 14.3. The van der Waals surface area contributed by atoms with E-state index in [2.05, 4.69) is 16.9 Å². The Bertz CT molecular complexity index is 418. The smallest absolute Gasteiger partial charge is 0.325 e. The molecule has 1 aromatic heterocycles. The second-order valence-electron chi connectivity index (χ2n) is 4.39. The van der Waals surface area contributed by atoms with E-state index in [1.54, 1.807) is 6.33 Å². The minimum absolute atomic E-state index is 0.193. The summed E-state index contributed by atoms with van der Waals surface area (Å²) in [6.07, 6.45) is 4.66. The predicted molar refractivity (Wildman–Crippen MR) is 68.4 cm³/mol. The highest BCUT2D eigenvalue weighted by Gasteiger charge is 2.31. The van der Waals surface area contributed by atoms with E-state index in [1.165, 1.54) is 0 Å². The van der Waals surface area contributed by atoms with E-state index >= 15 is 0 Å². The Morgan fingerprint density at radius 3 is 2.83 bits per heavy atom. The van der Waals surface area contributed by atoms with Gasteiger partial charge in [-0.25, -0.2) is 9.97 Å². The first kappa shape index (κ1) is 12.8.